The monoisotopic (exact) mass is 404 g/mol. The van der Waals surface area contributed by atoms with E-state index in [1.54, 1.807) is 18.9 Å². The molecule has 2 aromatic heterocycles. The Morgan fingerprint density at radius 2 is 1.96 bits per heavy atom. The lowest BCUT2D eigenvalue weighted by molar-refractivity contribution is -0.116. The molecule has 0 atom stereocenters. The molecule has 0 aliphatic heterocycles. The summed E-state index contributed by atoms with van der Waals surface area (Å²) in [7, 11) is 1.61. The van der Waals surface area contributed by atoms with E-state index < -0.39 is 0 Å². The van der Waals surface area contributed by atoms with E-state index in [4.69, 9.17) is 4.74 Å². The van der Waals surface area contributed by atoms with Crippen molar-refractivity contribution in [1.82, 2.24) is 9.97 Å². The predicted octanol–water partition coefficient (Wildman–Crippen LogP) is 4.08. The summed E-state index contributed by atoms with van der Waals surface area (Å²) in [6, 6.07) is 5.52. The Balaban J connectivity index is 1.85. The van der Waals surface area contributed by atoms with Gasteiger partial charge in [-0.2, -0.15) is 0 Å². The van der Waals surface area contributed by atoms with Crippen molar-refractivity contribution in [1.29, 1.82) is 0 Å². The van der Waals surface area contributed by atoms with Crippen LogP contribution in [0.4, 0.5) is 10.3 Å². The van der Waals surface area contributed by atoms with Crippen molar-refractivity contribution in [2.24, 2.45) is 0 Å². The molecule has 0 saturated carbocycles. The molecule has 0 unspecified atom stereocenters. The van der Waals surface area contributed by atoms with Crippen LogP contribution in [0.15, 0.2) is 18.2 Å². The van der Waals surface area contributed by atoms with E-state index in [0.29, 0.717) is 20.8 Å². The molecule has 1 N–H and O–H groups in total. The molecular weight excluding hydrogens is 384 g/mol. The van der Waals surface area contributed by atoms with Gasteiger partial charge in [-0.1, -0.05) is 22.7 Å². The van der Waals surface area contributed by atoms with Crippen molar-refractivity contribution in [2.45, 2.75) is 33.7 Å². The molecule has 3 aromatic rings. The quantitative estimate of drug-likeness (QED) is 0.692. The molecule has 0 fully saturated rings. The van der Waals surface area contributed by atoms with Gasteiger partial charge in [0.2, 0.25) is 5.91 Å². The lowest BCUT2D eigenvalue weighted by Gasteiger charge is -2.21. The number of hydrogen-bond donors (Lipinski definition) is 1. The lowest BCUT2D eigenvalue weighted by Crippen LogP contribution is -2.34. The number of aromatic nitrogens is 2. The average Bonchev–Trinajstić information content (AvgIpc) is 3.16. The average molecular weight is 405 g/mol. The lowest BCUT2D eigenvalue weighted by atomic mass is 10.3. The number of carbonyl (C=O) groups excluding carboxylic acids is 2. The number of methoxy groups -OCH3 is 1. The maximum atomic E-state index is 12.7. The van der Waals surface area contributed by atoms with E-state index in [9.17, 15) is 9.59 Å². The van der Waals surface area contributed by atoms with Gasteiger partial charge < -0.3 is 4.74 Å². The number of fused-ring (bicyclic) bond motifs is 1. The fourth-order valence-corrected chi connectivity index (χ4v) is 4.68. The highest BCUT2D eigenvalue weighted by Gasteiger charge is 2.23. The van der Waals surface area contributed by atoms with Crippen molar-refractivity contribution in [3.63, 3.8) is 0 Å². The minimum Gasteiger partial charge on any atom is -0.497 e. The van der Waals surface area contributed by atoms with E-state index in [1.165, 1.54) is 29.6 Å². The minimum absolute atomic E-state index is 0.0387. The molecule has 1 aromatic carbocycles. The number of rotatable bonds is 5. The van der Waals surface area contributed by atoms with Crippen LogP contribution in [-0.4, -0.2) is 34.9 Å². The number of amides is 2. The summed E-state index contributed by atoms with van der Waals surface area (Å²) in [5.41, 5.74) is 1.38. The van der Waals surface area contributed by atoms with Crippen LogP contribution in [0.3, 0.4) is 0 Å². The first-order chi connectivity index (χ1) is 12.8. The van der Waals surface area contributed by atoms with Crippen molar-refractivity contribution in [3.05, 3.63) is 28.8 Å². The highest BCUT2D eigenvalue weighted by molar-refractivity contribution is 7.22. The van der Waals surface area contributed by atoms with Gasteiger partial charge in [0.25, 0.3) is 5.91 Å². The Morgan fingerprint density at radius 1 is 1.22 bits per heavy atom. The third-order valence-electron chi connectivity index (χ3n) is 3.87. The number of nitrogens with zero attached hydrogens (tertiary/aromatic N) is 3. The third kappa shape index (κ3) is 3.93. The van der Waals surface area contributed by atoms with Crippen LogP contribution >= 0.6 is 22.7 Å². The SMILES string of the molecule is COc1ccc2nc(NC(=O)c3sc(N(C(C)=O)C(C)C)nc3C)sc2c1. The minimum atomic E-state index is -0.283. The van der Waals surface area contributed by atoms with Crippen LogP contribution in [0.2, 0.25) is 0 Å². The second-order valence-corrected chi connectivity index (χ2v) is 8.21. The first-order valence-corrected chi connectivity index (χ1v) is 9.96. The third-order valence-corrected chi connectivity index (χ3v) is 5.96. The molecular formula is C18H20N4O3S2. The van der Waals surface area contributed by atoms with Gasteiger partial charge >= 0.3 is 0 Å². The second-order valence-electron chi connectivity index (χ2n) is 6.20. The summed E-state index contributed by atoms with van der Waals surface area (Å²) in [5, 5.41) is 3.86. The Hall–Kier alpha value is -2.52. The maximum Gasteiger partial charge on any atom is 0.269 e. The topological polar surface area (TPSA) is 84.4 Å². The largest absolute Gasteiger partial charge is 0.497 e. The number of thiazole rings is 2. The van der Waals surface area contributed by atoms with Gasteiger partial charge in [0.05, 0.1) is 23.0 Å². The van der Waals surface area contributed by atoms with E-state index in [1.807, 2.05) is 32.0 Å². The van der Waals surface area contributed by atoms with Gasteiger partial charge in [0, 0.05) is 13.0 Å². The van der Waals surface area contributed by atoms with Crippen LogP contribution in [0, 0.1) is 6.92 Å². The predicted molar refractivity (Wildman–Crippen MR) is 109 cm³/mol. The van der Waals surface area contributed by atoms with Gasteiger partial charge in [0.1, 0.15) is 10.6 Å². The zero-order chi connectivity index (χ0) is 19.7. The highest BCUT2D eigenvalue weighted by Crippen LogP contribution is 2.31. The zero-order valence-corrected chi connectivity index (χ0v) is 17.3. The molecule has 0 bridgehead atoms. The number of ether oxygens (including phenoxy) is 1. The van der Waals surface area contributed by atoms with Gasteiger partial charge in [-0.3, -0.25) is 19.8 Å². The molecule has 0 aliphatic carbocycles. The normalized spacial score (nSPS) is 11.0. The van der Waals surface area contributed by atoms with Gasteiger partial charge in [-0.05, 0) is 39.0 Å². The van der Waals surface area contributed by atoms with Crippen molar-refractivity contribution < 1.29 is 14.3 Å². The molecule has 0 spiro atoms. The van der Waals surface area contributed by atoms with Crippen molar-refractivity contribution >= 4 is 55.0 Å². The highest BCUT2D eigenvalue weighted by atomic mass is 32.1. The summed E-state index contributed by atoms with van der Waals surface area (Å²) < 4.78 is 6.14. The molecule has 0 saturated heterocycles. The Bertz CT molecular complexity index is 1010. The summed E-state index contributed by atoms with van der Waals surface area (Å²) in [4.78, 5) is 35.5. The van der Waals surface area contributed by atoms with Crippen LogP contribution < -0.4 is 15.0 Å². The Morgan fingerprint density at radius 3 is 2.59 bits per heavy atom. The molecule has 27 heavy (non-hydrogen) atoms. The summed E-state index contributed by atoms with van der Waals surface area (Å²) >= 11 is 2.58. The molecule has 142 valence electrons. The van der Waals surface area contributed by atoms with Gasteiger partial charge in [-0.15, -0.1) is 0 Å². The van der Waals surface area contributed by atoms with E-state index in [-0.39, 0.29) is 17.9 Å². The van der Waals surface area contributed by atoms with Crippen molar-refractivity contribution in [3.8, 4) is 5.75 Å². The van der Waals surface area contributed by atoms with Crippen molar-refractivity contribution in [2.75, 3.05) is 17.3 Å². The van der Waals surface area contributed by atoms with E-state index in [2.05, 4.69) is 15.3 Å². The molecule has 0 radical (unpaired) electrons. The molecule has 2 heterocycles. The fourth-order valence-electron chi connectivity index (χ4n) is 2.65. The second kappa shape index (κ2) is 7.61. The summed E-state index contributed by atoms with van der Waals surface area (Å²) in [6.07, 6.45) is 0. The number of hydrogen-bond acceptors (Lipinski definition) is 7. The van der Waals surface area contributed by atoms with Crippen LogP contribution in [-0.2, 0) is 4.79 Å². The van der Waals surface area contributed by atoms with E-state index in [0.717, 1.165) is 16.0 Å². The summed E-state index contributed by atoms with van der Waals surface area (Å²) in [6.45, 7) is 7.07. The number of carbonyl (C=O) groups is 2. The number of nitrogens with one attached hydrogen (secondary N) is 1. The fraction of sp³-hybridized carbons (Fsp3) is 0.333. The van der Waals surface area contributed by atoms with Crippen LogP contribution in [0.25, 0.3) is 10.2 Å². The Kier molecular flexibility index (Phi) is 5.43. The van der Waals surface area contributed by atoms with Crippen LogP contribution in [0.1, 0.15) is 36.1 Å². The van der Waals surface area contributed by atoms with Gasteiger partial charge in [0.15, 0.2) is 10.3 Å². The first-order valence-electron chi connectivity index (χ1n) is 8.33. The molecule has 2 amide bonds. The number of anilines is 2. The number of aryl methyl sites for hydroxylation is 1. The first kappa shape index (κ1) is 19.2. The van der Waals surface area contributed by atoms with Crippen LogP contribution in [0.5, 0.6) is 5.75 Å². The van der Waals surface area contributed by atoms with Gasteiger partial charge in [-0.25, -0.2) is 9.97 Å². The Labute approximate surface area is 165 Å². The number of benzene rings is 1. The molecule has 3 rings (SSSR count). The molecule has 9 heteroatoms. The molecule has 0 aliphatic rings. The standard InChI is InChI=1S/C18H20N4O3S2/c1-9(2)22(11(4)23)18-19-10(3)15(27-18)16(24)21-17-20-13-7-6-12(25-5)8-14(13)26-17/h6-9H,1-5H3,(H,20,21,24). The smallest absolute Gasteiger partial charge is 0.269 e. The van der Waals surface area contributed by atoms with E-state index >= 15 is 0 Å². The zero-order valence-electron chi connectivity index (χ0n) is 15.7. The summed E-state index contributed by atoms with van der Waals surface area (Å²) in [5.74, 6) is 0.352. The molecule has 7 nitrogen and oxygen atoms in total. The maximum absolute atomic E-state index is 12.7.